The minimum Gasteiger partial charge on any atom is -0.491 e. The first kappa shape index (κ1) is 19.9. The van der Waals surface area contributed by atoms with Gasteiger partial charge in [-0.2, -0.15) is 0 Å². The van der Waals surface area contributed by atoms with E-state index >= 15 is 0 Å². The predicted molar refractivity (Wildman–Crippen MR) is 93.8 cm³/mol. The molecule has 1 aromatic carbocycles. The van der Waals surface area contributed by atoms with E-state index in [1.165, 1.54) is 5.56 Å². The number of nitrogens with zero attached hydrogens (tertiary/aromatic N) is 1. The number of hydrogen-bond donors (Lipinski definition) is 3. The van der Waals surface area contributed by atoms with Gasteiger partial charge in [0.15, 0.2) is 0 Å². The van der Waals surface area contributed by atoms with Crippen molar-refractivity contribution >= 4 is 0 Å². The second kappa shape index (κ2) is 9.23. The maximum Gasteiger partial charge on any atom is 0.119 e. The molecule has 0 fully saturated rings. The highest BCUT2D eigenvalue weighted by atomic mass is 16.5. The summed E-state index contributed by atoms with van der Waals surface area (Å²) in [5, 5.41) is 19.7. The molecule has 1 aromatic rings. The lowest BCUT2D eigenvalue weighted by Gasteiger charge is -2.25. The molecule has 0 aliphatic carbocycles. The second-order valence-corrected chi connectivity index (χ2v) is 6.98. The topological polar surface area (TPSA) is 79.0 Å². The van der Waals surface area contributed by atoms with Gasteiger partial charge < -0.3 is 20.7 Å². The minimum absolute atomic E-state index is 0.115. The van der Waals surface area contributed by atoms with E-state index in [9.17, 15) is 10.2 Å². The fourth-order valence-corrected chi connectivity index (χ4v) is 2.30. The number of rotatable bonds is 9. The van der Waals surface area contributed by atoms with Gasteiger partial charge in [0.05, 0.1) is 6.10 Å². The van der Waals surface area contributed by atoms with E-state index in [1.54, 1.807) is 0 Å². The van der Waals surface area contributed by atoms with Crippen molar-refractivity contribution in [2.75, 3.05) is 32.8 Å². The molecule has 0 radical (unpaired) electrons. The maximum absolute atomic E-state index is 10.1. The summed E-state index contributed by atoms with van der Waals surface area (Å²) in [5.41, 5.74) is 6.78. The van der Waals surface area contributed by atoms with Gasteiger partial charge in [-0.3, -0.25) is 4.90 Å². The predicted octanol–water partition coefficient (Wildman–Crippen LogP) is 1.37. The molecule has 0 saturated heterocycles. The van der Waals surface area contributed by atoms with Gasteiger partial charge in [0, 0.05) is 19.6 Å². The fourth-order valence-electron chi connectivity index (χ4n) is 2.30. The summed E-state index contributed by atoms with van der Waals surface area (Å²) in [5.74, 6) is 0.752. The molecule has 1 rings (SSSR count). The summed E-state index contributed by atoms with van der Waals surface area (Å²) in [7, 11) is 0. The van der Waals surface area contributed by atoms with Crippen molar-refractivity contribution in [1.29, 1.82) is 0 Å². The summed E-state index contributed by atoms with van der Waals surface area (Å²) >= 11 is 0. The van der Waals surface area contributed by atoms with Crippen molar-refractivity contribution in [3.8, 4) is 5.75 Å². The molecule has 0 heterocycles. The number of benzene rings is 1. The summed E-state index contributed by atoms with van der Waals surface area (Å²) in [6.45, 7) is 10.6. The van der Waals surface area contributed by atoms with Crippen molar-refractivity contribution in [2.45, 2.75) is 45.3 Å². The lowest BCUT2D eigenvalue weighted by atomic mass is 9.87. The molecule has 0 aliphatic rings. The Kier molecular flexibility index (Phi) is 7.99. The Morgan fingerprint density at radius 3 is 2.13 bits per heavy atom. The number of ether oxygens (including phenoxy) is 1. The molecule has 4 N–H and O–H groups in total. The molecule has 0 amide bonds. The zero-order chi connectivity index (χ0) is 17.5. The Bertz CT molecular complexity index is 443. The molecule has 0 aliphatic heterocycles. The maximum atomic E-state index is 10.1. The summed E-state index contributed by atoms with van der Waals surface area (Å²) in [6, 6.07) is 7.97. The van der Waals surface area contributed by atoms with Crippen LogP contribution in [0.2, 0.25) is 0 Å². The first-order valence-electron chi connectivity index (χ1n) is 8.28. The highest BCUT2D eigenvalue weighted by Crippen LogP contribution is 2.24. The molecule has 5 heteroatoms. The molecule has 132 valence electrons. The van der Waals surface area contributed by atoms with Crippen LogP contribution >= 0.6 is 0 Å². The monoisotopic (exact) mass is 324 g/mol. The second-order valence-electron chi connectivity index (χ2n) is 6.98. The Morgan fingerprint density at radius 2 is 1.65 bits per heavy atom. The van der Waals surface area contributed by atoms with Crippen LogP contribution in [0.1, 0.15) is 33.3 Å². The van der Waals surface area contributed by atoms with Crippen molar-refractivity contribution < 1.29 is 14.9 Å². The zero-order valence-corrected chi connectivity index (χ0v) is 14.8. The average Bonchev–Trinajstić information content (AvgIpc) is 2.51. The van der Waals surface area contributed by atoms with Gasteiger partial charge in [-0.25, -0.2) is 0 Å². The van der Waals surface area contributed by atoms with Gasteiger partial charge in [-0.1, -0.05) is 39.8 Å². The van der Waals surface area contributed by atoms with Gasteiger partial charge in [0.2, 0.25) is 0 Å². The Balaban J connectivity index is 2.44. The normalized spacial score (nSPS) is 14.8. The first-order chi connectivity index (χ1) is 10.8. The molecule has 0 bridgehead atoms. The van der Waals surface area contributed by atoms with Crippen LogP contribution in [0.4, 0.5) is 0 Å². The Labute approximate surface area is 140 Å². The van der Waals surface area contributed by atoms with Crippen LogP contribution in [-0.2, 0) is 5.41 Å². The Morgan fingerprint density at radius 1 is 1.09 bits per heavy atom. The molecular formula is C18H32N2O3. The lowest BCUT2D eigenvalue weighted by molar-refractivity contribution is 0.0495. The van der Waals surface area contributed by atoms with E-state index < -0.39 is 12.2 Å². The molecule has 0 saturated carbocycles. The number of aliphatic hydroxyl groups excluding tert-OH is 2. The lowest BCUT2D eigenvalue weighted by Crippen LogP contribution is -2.41. The van der Waals surface area contributed by atoms with Crippen molar-refractivity contribution in [3.05, 3.63) is 29.8 Å². The summed E-state index contributed by atoms with van der Waals surface area (Å²) in [4.78, 5) is 1.97. The highest BCUT2D eigenvalue weighted by molar-refractivity contribution is 5.31. The molecule has 23 heavy (non-hydrogen) atoms. The zero-order valence-electron chi connectivity index (χ0n) is 14.8. The van der Waals surface area contributed by atoms with Crippen LogP contribution in [0.25, 0.3) is 0 Å². The van der Waals surface area contributed by atoms with Gasteiger partial charge in [0.25, 0.3) is 0 Å². The standard InChI is InChI=1S/C18H32N2O3/c1-5-20(11-15(21)10-19)12-16(22)13-23-17-8-6-14(7-9-17)18(2,3)4/h6-9,15-16,21-22H,5,10-13,19H2,1-4H3. The van der Waals surface area contributed by atoms with Crippen LogP contribution < -0.4 is 10.5 Å². The third-order valence-corrected chi connectivity index (χ3v) is 3.82. The SMILES string of the molecule is CCN(CC(O)CN)CC(O)COc1ccc(C(C)(C)C)cc1. The molecule has 5 nitrogen and oxygen atoms in total. The summed E-state index contributed by atoms with van der Waals surface area (Å²) < 4.78 is 5.65. The van der Waals surface area contributed by atoms with Gasteiger partial charge in [0.1, 0.15) is 18.5 Å². The van der Waals surface area contributed by atoms with Gasteiger partial charge in [-0.15, -0.1) is 0 Å². The van der Waals surface area contributed by atoms with E-state index in [0.717, 1.165) is 12.3 Å². The minimum atomic E-state index is -0.609. The van der Waals surface area contributed by atoms with E-state index in [-0.39, 0.29) is 18.6 Å². The highest BCUT2D eigenvalue weighted by Gasteiger charge is 2.15. The van der Waals surface area contributed by atoms with Gasteiger partial charge >= 0.3 is 0 Å². The molecule has 0 spiro atoms. The number of aliphatic hydroxyl groups is 2. The van der Waals surface area contributed by atoms with Crippen LogP contribution in [0, 0.1) is 0 Å². The number of likely N-dealkylation sites (N-methyl/N-ethyl adjacent to an activating group) is 1. The number of nitrogens with two attached hydrogens (primary N) is 1. The molecule has 2 unspecified atom stereocenters. The van der Waals surface area contributed by atoms with Gasteiger partial charge in [-0.05, 0) is 29.7 Å². The third kappa shape index (κ3) is 7.31. The van der Waals surface area contributed by atoms with Crippen LogP contribution in [0.3, 0.4) is 0 Å². The Hall–Kier alpha value is -1.14. The van der Waals surface area contributed by atoms with Crippen LogP contribution in [-0.4, -0.2) is 60.1 Å². The van der Waals surface area contributed by atoms with Crippen molar-refractivity contribution in [1.82, 2.24) is 4.90 Å². The molecule has 2 atom stereocenters. The molecule has 0 aromatic heterocycles. The van der Waals surface area contributed by atoms with Crippen molar-refractivity contribution in [2.24, 2.45) is 5.73 Å². The first-order valence-corrected chi connectivity index (χ1v) is 8.28. The number of hydrogen-bond acceptors (Lipinski definition) is 5. The largest absolute Gasteiger partial charge is 0.491 e. The van der Waals surface area contributed by atoms with Crippen LogP contribution in [0.5, 0.6) is 5.75 Å². The fraction of sp³-hybridized carbons (Fsp3) is 0.667. The summed E-state index contributed by atoms with van der Waals surface area (Å²) in [6.07, 6.45) is -1.17. The van der Waals surface area contributed by atoms with E-state index in [0.29, 0.717) is 13.1 Å². The van der Waals surface area contributed by atoms with E-state index in [1.807, 2.05) is 24.0 Å². The van der Waals surface area contributed by atoms with E-state index in [4.69, 9.17) is 10.5 Å². The average molecular weight is 324 g/mol. The smallest absolute Gasteiger partial charge is 0.119 e. The van der Waals surface area contributed by atoms with E-state index in [2.05, 4.69) is 32.9 Å². The van der Waals surface area contributed by atoms with Crippen LogP contribution in [0.15, 0.2) is 24.3 Å². The third-order valence-electron chi connectivity index (χ3n) is 3.82. The quantitative estimate of drug-likeness (QED) is 0.639. The van der Waals surface area contributed by atoms with Crippen molar-refractivity contribution in [3.63, 3.8) is 0 Å². The molecular weight excluding hydrogens is 292 g/mol.